The molecule has 108 valence electrons. The van der Waals surface area contributed by atoms with E-state index in [9.17, 15) is 5.11 Å². The first kappa shape index (κ1) is 14.4. The number of hydrogen-bond donors (Lipinski definition) is 2. The molecule has 0 amide bonds. The molecule has 0 saturated carbocycles. The zero-order valence-corrected chi connectivity index (χ0v) is 12.1. The standard InChI is InChI=1S/C15H21N3O2/c1-4-18-11(8-10(2)17-18)9-13(19)12-6-5-7-14(20-3)15(12)16/h5-8,13,19H,4,9,16H2,1-3H3. The highest BCUT2D eigenvalue weighted by Crippen LogP contribution is 2.31. The number of aryl methyl sites for hydroxylation is 2. The normalized spacial score (nSPS) is 12.4. The quantitative estimate of drug-likeness (QED) is 0.819. The number of aromatic nitrogens is 2. The predicted octanol–water partition coefficient (Wildman–Crippen LogP) is 2.08. The van der Waals surface area contributed by atoms with E-state index in [2.05, 4.69) is 5.10 Å². The molecule has 1 unspecified atom stereocenters. The minimum atomic E-state index is -0.675. The Labute approximate surface area is 119 Å². The number of rotatable bonds is 5. The van der Waals surface area contributed by atoms with Gasteiger partial charge in [-0.05, 0) is 26.0 Å². The largest absolute Gasteiger partial charge is 0.495 e. The molecule has 2 aromatic rings. The summed E-state index contributed by atoms with van der Waals surface area (Å²) in [5.41, 5.74) is 9.14. The molecule has 5 heteroatoms. The van der Waals surface area contributed by atoms with E-state index < -0.39 is 6.10 Å². The molecule has 1 atom stereocenters. The van der Waals surface area contributed by atoms with Crippen LogP contribution in [0.4, 0.5) is 5.69 Å². The van der Waals surface area contributed by atoms with Crippen molar-refractivity contribution in [1.82, 2.24) is 9.78 Å². The zero-order valence-electron chi connectivity index (χ0n) is 12.1. The maximum absolute atomic E-state index is 10.4. The SMILES string of the molecule is CCn1nc(C)cc1CC(O)c1cccc(OC)c1N. The van der Waals surface area contributed by atoms with E-state index in [-0.39, 0.29) is 0 Å². The number of anilines is 1. The summed E-state index contributed by atoms with van der Waals surface area (Å²) in [6.45, 7) is 4.76. The third-order valence-electron chi connectivity index (χ3n) is 3.37. The minimum Gasteiger partial charge on any atom is -0.495 e. The molecular formula is C15H21N3O2. The lowest BCUT2D eigenvalue weighted by molar-refractivity contribution is 0.176. The Kier molecular flexibility index (Phi) is 4.29. The fraction of sp³-hybridized carbons (Fsp3) is 0.400. The van der Waals surface area contributed by atoms with Crippen molar-refractivity contribution in [2.75, 3.05) is 12.8 Å². The summed E-state index contributed by atoms with van der Waals surface area (Å²) >= 11 is 0. The summed E-state index contributed by atoms with van der Waals surface area (Å²) in [5, 5.41) is 14.8. The van der Waals surface area contributed by atoms with Gasteiger partial charge in [0.15, 0.2) is 0 Å². The molecule has 0 aliphatic heterocycles. The second kappa shape index (κ2) is 5.96. The smallest absolute Gasteiger partial charge is 0.142 e. The van der Waals surface area contributed by atoms with Gasteiger partial charge in [-0.2, -0.15) is 5.10 Å². The minimum absolute atomic E-state index is 0.478. The second-order valence-electron chi connectivity index (χ2n) is 4.78. The van der Waals surface area contributed by atoms with Crippen LogP contribution in [-0.2, 0) is 13.0 Å². The first-order valence-electron chi connectivity index (χ1n) is 6.70. The van der Waals surface area contributed by atoms with Crippen LogP contribution in [0.5, 0.6) is 5.75 Å². The molecule has 0 aliphatic carbocycles. The van der Waals surface area contributed by atoms with Crippen molar-refractivity contribution in [3.8, 4) is 5.75 Å². The average molecular weight is 275 g/mol. The second-order valence-corrected chi connectivity index (χ2v) is 4.78. The molecule has 5 nitrogen and oxygen atoms in total. The Morgan fingerprint density at radius 2 is 2.20 bits per heavy atom. The number of methoxy groups -OCH3 is 1. The van der Waals surface area contributed by atoms with Crippen molar-refractivity contribution in [2.45, 2.75) is 32.9 Å². The van der Waals surface area contributed by atoms with Crippen LogP contribution in [0.15, 0.2) is 24.3 Å². The molecule has 2 rings (SSSR count). The Morgan fingerprint density at radius 3 is 2.85 bits per heavy atom. The molecule has 0 aliphatic rings. The lowest BCUT2D eigenvalue weighted by Gasteiger charge is -2.16. The molecule has 1 heterocycles. The monoisotopic (exact) mass is 275 g/mol. The summed E-state index contributed by atoms with van der Waals surface area (Å²) in [4.78, 5) is 0. The molecule has 1 aromatic heterocycles. The number of nitrogens with two attached hydrogens (primary N) is 1. The van der Waals surface area contributed by atoms with E-state index >= 15 is 0 Å². The lowest BCUT2D eigenvalue weighted by atomic mass is 10.0. The molecule has 0 saturated heterocycles. The number of nitrogens with zero attached hydrogens (tertiary/aromatic N) is 2. The number of aliphatic hydroxyl groups excluding tert-OH is 1. The first-order chi connectivity index (χ1) is 9.56. The number of benzene rings is 1. The lowest BCUT2D eigenvalue weighted by Crippen LogP contribution is -2.10. The van der Waals surface area contributed by atoms with Crippen LogP contribution in [0, 0.1) is 6.92 Å². The summed E-state index contributed by atoms with van der Waals surface area (Å²) in [5.74, 6) is 0.585. The number of ether oxygens (including phenoxy) is 1. The highest BCUT2D eigenvalue weighted by atomic mass is 16.5. The van der Waals surface area contributed by atoms with Gasteiger partial charge in [0.2, 0.25) is 0 Å². The van der Waals surface area contributed by atoms with Gasteiger partial charge in [0, 0.05) is 24.2 Å². The van der Waals surface area contributed by atoms with E-state index in [4.69, 9.17) is 10.5 Å². The highest BCUT2D eigenvalue weighted by Gasteiger charge is 2.17. The number of hydrogen-bond acceptors (Lipinski definition) is 4. The van der Waals surface area contributed by atoms with Gasteiger partial charge >= 0.3 is 0 Å². The van der Waals surface area contributed by atoms with Crippen molar-refractivity contribution in [3.63, 3.8) is 0 Å². The van der Waals surface area contributed by atoms with Crippen molar-refractivity contribution in [1.29, 1.82) is 0 Å². The molecule has 1 aromatic carbocycles. The zero-order chi connectivity index (χ0) is 14.7. The van der Waals surface area contributed by atoms with E-state index in [0.29, 0.717) is 23.4 Å². The Bertz CT molecular complexity index is 593. The molecule has 0 radical (unpaired) electrons. The summed E-state index contributed by atoms with van der Waals surface area (Å²) in [7, 11) is 1.57. The van der Waals surface area contributed by atoms with Crippen LogP contribution in [0.2, 0.25) is 0 Å². The van der Waals surface area contributed by atoms with Gasteiger partial charge < -0.3 is 15.6 Å². The third-order valence-corrected chi connectivity index (χ3v) is 3.37. The van der Waals surface area contributed by atoms with E-state index in [1.807, 2.05) is 36.7 Å². The maximum atomic E-state index is 10.4. The van der Waals surface area contributed by atoms with Gasteiger partial charge in [-0.25, -0.2) is 0 Å². The molecule has 0 spiro atoms. The Hall–Kier alpha value is -2.01. The van der Waals surface area contributed by atoms with Crippen LogP contribution in [0.1, 0.15) is 30.0 Å². The summed E-state index contributed by atoms with van der Waals surface area (Å²) in [6, 6.07) is 7.42. The first-order valence-corrected chi connectivity index (χ1v) is 6.70. The highest BCUT2D eigenvalue weighted by molar-refractivity contribution is 5.59. The molecule has 0 bridgehead atoms. The maximum Gasteiger partial charge on any atom is 0.142 e. The van der Waals surface area contributed by atoms with Gasteiger partial charge in [-0.3, -0.25) is 4.68 Å². The van der Waals surface area contributed by atoms with Gasteiger partial charge in [-0.15, -0.1) is 0 Å². The molecule has 20 heavy (non-hydrogen) atoms. The summed E-state index contributed by atoms with van der Waals surface area (Å²) < 4.78 is 7.08. The molecule has 3 N–H and O–H groups in total. The van der Waals surface area contributed by atoms with E-state index in [1.165, 1.54) is 0 Å². The van der Waals surface area contributed by atoms with Crippen molar-refractivity contribution in [3.05, 3.63) is 41.2 Å². The van der Waals surface area contributed by atoms with Crippen LogP contribution < -0.4 is 10.5 Å². The number of nitrogen functional groups attached to an aromatic ring is 1. The number of para-hydroxylation sites is 1. The van der Waals surface area contributed by atoms with Crippen LogP contribution in [0.25, 0.3) is 0 Å². The molecule has 0 fully saturated rings. The van der Waals surface area contributed by atoms with E-state index in [1.54, 1.807) is 13.2 Å². The van der Waals surface area contributed by atoms with Crippen LogP contribution in [0.3, 0.4) is 0 Å². The summed E-state index contributed by atoms with van der Waals surface area (Å²) in [6.07, 6.45) is -0.196. The predicted molar refractivity (Wildman–Crippen MR) is 78.7 cm³/mol. The van der Waals surface area contributed by atoms with E-state index in [0.717, 1.165) is 17.9 Å². The van der Waals surface area contributed by atoms with Crippen molar-refractivity contribution in [2.24, 2.45) is 0 Å². The topological polar surface area (TPSA) is 73.3 Å². The van der Waals surface area contributed by atoms with Gasteiger partial charge in [0.1, 0.15) is 5.75 Å². The van der Waals surface area contributed by atoms with Crippen LogP contribution in [-0.4, -0.2) is 22.0 Å². The Morgan fingerprint density at radius 1 is 1.45 bits per heavy atom. The average Bonchev–Trinajstić information content (AvgIpc) is 2.78. The van der Waals surface area contributed by atoms with Crippen molar-refractivity contribution >= 4 is 5.69 Å². The fourth-order valence-electron chi connectivity index (χ4n) is 2.37. The van der Waals surface area contributed by atoms with Crippen LogP contribution >= 0.6 is 0 Å². The fourth-order valence-corrected chi connectivity index (χ4v) is 2.37. The van der Waals surface area contributed by atoms with Gasteiger partial charge in [-0.1, -0.05) is 12.1 Å². The third kappa shape index (κ3) is 2.77. The molecular weight excluding hydrogens is 254 g/mol. The van der Waals surface area contributed by atoms with Gasteiger partial charge in [0.25, 0.3) is 0 Å². The Balaban J connectivity index is 2.26. The van der Waals surface area contributed by atoms with Gasteiger partial charge in [0.05, 0.1) is 24.6 Å². The number of aliphatic hydroxyl groups is 1. The van der Waals surface area contributed by atoms with Crippen molar-refractivity contribution < 1.29 is 9.84 Å².